The minimum Gasteiger partial charge on any atom is -0.347 e. The van der Waals surface area contributed by atoms with E-state index in [0.29, 0.717) is 28.8 Å². The molecule has 2 bridgehead atoms. The summed E-state index contributed by atoms with van der Waals surface area (Å²) in [7, 11) is 0. The van der Waals surface area contributed by atoms with Crippen LogP contribution in [0, 0.1) is 17.2 Å². The molecule has 2 aromatic heterocycles. The van der Waals surface area contributed by atoms with Crippen LogP contribution in [0.2, 0.25) is 5.02 Å². The highest BCUT2D eigenvalue weighted by Crippen LogP contribution is 2.51. The van der Waals surface area contributed by atoms with Crippen molar-refractivity contribution in [3.8, 4) is 6.07 Å². The zero-order chi connectivity index (χ0) is 13.9. The molecule has 102 valence electrons. The summed E-state index contributed by atoms with van der Waals surface area (Å²) in [4.78, 5) is 6.86. The lowest BCUT2D eigenvalue weighted by Gasteiger charge is -2.41. The Morgan fingerprint density at radius 3 is 3.05 bits per heavy atom. The van der Waals surface area contributed by atoms with E-state index in [2.05, 4.69) is 16.0 Å². The highest BCUT2D eigenvalue weighted by molar-refractivity contribution is 6.30. The first-order valence-electron chi connectivity index (χ1n) is 6.72. The molecule has 2 saturated heterocycles. The smallest absolute Gasteiger partial charge is 0.169 e. The first kappa shape index (κ1) is 12.0. The summed E-state index contributed by atoms with van der Waals surface area (Å²) in [6.07, 6.45) is 4.02. The van der Waals surface area contributed by atoms with E-state index in [1.165, 1.54) is 0 Å². The predicted molar refractivity (Wildman–Crippen MR) is 76.8 cm³/mol. The minimum absolute atomic E-state index is 0.0119. The molecule has 5 nitrogen and oxygen atoms in total. The average molecular weight is 288 g/mol. The molecule has 0 atom stereocenters. The van der Waals surface area contributed by atoms with Crippen LogP contribution in [0.25, 0.3) is 5.65 Å². The summed E-state index contributed by atoms with van der Waals surface area (Å²) in [6, 6.07) is 5.82. The van der Waals surface area contributed by atoms with E-state index in [0.717, 1.165) is 25.2 Å². The molecule has 20 heavy (non-hydrogen) atoms. The van der Waals surface area contributed by atoms with Crippen molar-refractivity contribution in [3.63, 3.8) is 0 Å². The summed E-state index contributed by atoms with van der Waals surface area (Å²) in [6.45, 7) is 1.56. The predicted octanol–water partition coefficient (Wildman–Crippen LogP) is 1.79. The SMILES string of the molecule is N#Cc1c(N2CC3CC2(CN)C3)nc2cc(Cl)ccn12. The molecular weight excluding hydrogens is 274 g/mol. The van der Waals surface area contributed by atoms with Crippen LogP contribution in [0.1, 0.15) is 18.5 Å². The Morgan fingerprint density at radius 2 is 2.35 bits per heavy atom. The fraction of sp³-hybridized carbons (Fsp3) is 0.429. The molecule has 2 aliphatic heterocycles. The van der Waals surface area contributed by atoms with Crippen LogP contribution in [0.3, 0.4) is 0 Å². The number of anilines is 1. The van der Waals surface area contributed by atoms with Crippen molar-refractivity contribution >= 4 is 23.1 Å². The van der Waals surface area contributed by atoms with Gasteiger partial charge in [0.15, 0.2) is 11.5 Å². The number of rotatable bonds is 2. The fourth-order valence-corrected chi connectivity index (χ4v) is 3.86. The van der Waals surface area contributed by atoms with Gasteiger partial charge in [0, 0.05) is 30.4 Å². The lowest BCUT2D eigenvalue weighted by molar-refractivity contribution is 0.251. The lowest BCUT2D eigenvalue weighted by atomic mass is 9.73. The number of imidazole rings is 1. The molecular formula is C14H14ClN5. The van der Waals surface area contributed by atoms with Crippen molar-refractivity contribution in [1.29, 1.82) is 5.26 Å². The highest BCUT2D eigenvalue weighted by Gasteiger charge is 2.56. The molecule has 0 radical (unpaired) electrons. The van der Waals surface area contributed by atoms with E-state index in [4.69, 9.17) is 17.3 Å². The number of fused-ring (bicyclic) bond motifs is 2. The average Bonchev–Trinajstić information content (AvgIpc) is 3.04. The maximum Gasteiger partial charge on any atom is 0.169 e. The molecule has 0 spiro atoms. The number of aromatic nitrogens is 2. The van der Waals surface area contributed by atoms with Gasteiger partial charge in [-0.3, -0.25) is 4.40 Å². The second kappa shape index (κ2) is 3.87. The van der Waals surface area contributed by atoms with Gasteiger partial charge in [0.2, 0.25) is 0 Å². The quantitative estimate of drug-likeness (QED) is 0.914. The Kier molecular flexibility index (Phi) is 2.33. The third-order valence-corrected chi connectivity index (χ3v) is 4.90. The Bertz CT molecular complexity index is 738. The van der Waals surface area contributed by atoms with Gasteiger partial charge in [-0.05, 0) is 24.8 Å². The van der Waals surface area contributed by atoms with Gasteiger partial charge in [0.25, 0.3) is 0 Å². The van der Waals surface area contributed by atoms with Crippen LogP contribution in [-0.4, -0.2) is 28.0 Å². The molecule has 3 aliphatic rings. The molecule has 0 aromatic carbocycles. The monoisotopic (exact) mass is 287 g/mol. The molecule has 6 heteroatoms. The van der Waals surface area contributed by atoms with Crippen molar-refractivity contribution in [2.24, 2.45) is 11.7 Å². The van der Waals surface area contributed by atoms with E-state index in [-0.39, 0.29) is 5.54 Å². The van der Waals surface area contributed by atoms with Crippen molar-refractivity contribution in [3.05, 3.63) is 29.0 Å². The topological polar surface area (TPSA) is 70.3 Å². The third kappa shape index (κ3) is 1.38. The zero-order valence-corrected chi connectivity index (χ0v) is 11.6. The van der Waals surface area contributed by atoms with Gasteiger partial charge in [-0.25, -0.2) is 4.98 Å². The van der Waals surface area contributed by atoms with Crippen LogP contribution < -0.4 is 10.6 Å². The van der Waals surface area contributed by atoms with E-state index in [1.807, 2.05) is 0 Å². The largest absolute Gasteiger partial charge is 0.347 e. The van der Waals surface area contributed by atoms with Gasteiger partial charge in [0.1, 0.15) is 11.7 Å². The van der Waals surface area contributed by atoms with Gasteiger partial charge in [-0.1, -0.05) is 11.6 Å². The summed E-state index contributed by atoms with van der Waals surface area (Å²) >= 11 is 6.00. The summed E-state index contributed by atoms with van der Waals surface area (Å²) in [5.41, 5.74) is 7.25. The number of pyridine rings is 1. The van der Waals surface area contributed by atoms with Crippen molar-refractivity contribution in [1.82, 2.24) is 9.38 Å². The maximum absolute atomic E-state index is 9.49. The summed E-state index contributed by atoms with van der Waals surface area (Å²) < 4.78 is 1.79. The fourth-order valence-electron chi connectivity index (χ4n) is 3.70. The second-order valence-corrected chi connectivity index (χ2v) is 6.22. The molecule has 1 saturated carbocycles. The minimum atomic E-state index is 0.0119. The van der Waals surface area contributed by atoms with E-state index >= 15 is 0 Å². The Balaban J connectivity index is 1.90. The van der Waals surface area contributed by atoms with Gasteiger partial charge in [-0.15, -0.1) is 0 Å². The van der Waals surface area contributed by atoms with E-state index < -0.39 is 0 Å². The first-order valence-corrected chi connectivity index (χ1v) is 7.10. The third-order valence-electron chi connectivity index (χ3n) is 4.66. The second-order valence-electron chi connectivity index (χ2n) is 5.78. The van der Waals surface area contributed by atoms with Crippen molar-refractivity contribution in [2.75, 3.05) is 18.0 Å². The van der Waals surface area contributed by atoms with Crippen LogP contribution >= 0.6 is 11.6 Å². The molecule has 1 aliphatic carbocycles. The number of hydrogen-bond acceptors (Lipinski definition) is 4. The van der Waals surface area contributed by atoms with Gasteiger partial charge in [0.05, 0.1) is 5.54 Å². The number of nitrogens with two attached hydrogens (primary N) is 1. The lowest BCUT2D eigenvalue weighted by Crippen LogP contribution is -2.52. The molecule has 2 N–H and O–H groups in total. The van der Waals surface area contributed by atoms with E-state index in [9.17, 15) is 5.26 Å². The summed E-state index contributed by atoms with van der Waals surface area (Å²) in [5.74, 6) is 1.44. The molecule has 0 unspecified atom stereocenters. The molecule has 5 rings (SSSR count). The van der Waals surface area contributed by atoms with Crippen LogP contribution in [0.5, 0.6) is 0 Å². The maximum atomic E-state index is 9.49. The first-order chi connectivity index (χ1) is 9.66. The number of halogens is 1. The molecule has 2 aromatic rings. The summed E-state index contributed by atoms with van der Waals surface area (Å²) in [5, 5.41) is 10.1. The Morgan fingerprint density at radius 1 is 1.55 bits per heavy atom. The Labute approximate surface area is 121 Å². The molecule has 0 amide bonds. The van der Waals surface area contributed by atoms with Crippen molar-refractivity contribution < 1.29 is 0 Å². The molecule has 3 fully saturated rings. The molecule has 4 heterocycles. The van der Waals surface area contributed by atoms with Gasteiger partial charge < -0.3 is 10.6 Å². The van der Waals surface area contributed by atoms with Crippen LogP contribution in [0.4, 0.5) is 5.82 Å². The highest BCUT2D eigenvalue weighted by atomic mass is 35.5. The Hall–Kier alpha value is -1.77. The number of nitrogens with zero attached hydrogens (tertiary/aromatic N) is 4. The number of nitriles is 1. The van der Waals surface area contributed by atoms with Crippen molar-refractivity contribution in [2.45, 2.75) is 18.4 Å². The normalized spacial score (nSPS) is 27.6. The zero-order valence-electron chi connectivity index (χ0n) is 10.9. The van der Waals surface area contributed by atoms with Crippen LogP contribution in [-0.2, 0) is 0 Å². The standard InChI is InChI=1S/C14H14ClN5/c15-10-1-2-19-11(6-16)13(18-12(19)3-10)20-7-9-4-14(20,5-9)8-17/h1-3,9H,4-5,7-8,17H2. The van der Waals surface area contributed by atoms with Gasteiger partial charge in [-0.2, -0.15) is 5.26 Å². The number of hydrogen-bond donors (Lipinski definition) is 1. The van der Waals surface area contributed by atoms with Crippen LogP contribution in [0.15, 0.2) is 18.3 Å². The van der Waals surface area contributed by atoms with E-state index in [1.54, 1.807) is 22.7 Å². The van der Waals surface area contributed by atoms with Gasteiger partial charge >= 0.3 is 0 Å².